The molecule has 2 aromatic rings. The molecular weight excluding hydrogens is 496 g/mol. The lowest BCUT2D eigenvalue weighted by atomic mass is 10.1. The molecule has 30 heavy (non-hydrogen) atoms. The van der Waals surface area contributed by atoms with Crippen molar-refractivity contribution in [3.05, 3.63) is 59.0 Å². The van der Waals surface area contributed by atoms with Crippen LogP contribution < -0.4 is 15.5 Å². The van der Waals surface area contributed by atoms with Crippen LogP contribution >= 0.6 is 24.0 Å². The molecule has 0 aliphatic carbocycles. The number of nitrogens with zero attached hydrogens (tertiary/aromatic N) is 3. The van der Waals surface area contributed by atoms with E-state index in [1.165, 1.54) is 0 Å². The van der Waals surface area contributed by atoms with Crippen LogP contribution in [0.25, 0.3) is 0 Å². The molecule has 0 bridgehead atoms. The van der Waals surface area contributed by atoms with Gasteiger partial charge in [-0.25, -0.2) is 9.37 Å². The summed E-state index contributed by atoms with van der Waals surface area (Å²) in [7, 11) is 1.72. The number of guanidine groups is 1. The number of aryl methyl sites for hydroxylation is 1. The normalized spacial score (nSPS) is 19.2. The average Bonchev–Trinajstić information content (AvgIpc) is 2.70. The minimum absolute atomic E-state index is 0. The first kappa shape index (κ1) is 24.3. The summed E-state index contributed by atoms with van der Waals surface area (Å²) < 4.78 is 19.5. The van der Waals surface area contributed by atoms with E-state index in [1.807, 2.05) is 18.3 Å². The summed E-state index contributed by atoms with van der Waals surface area (Å²) in [6.45, 7) is 8.74. The minimum atomic E-state index is -0.192. The molecule has 1 aromatic carbocycles. The van der Waals surface area contributed by atoms with E-state index < -0.39 is 0 Å². The van der Waals surface area contributed by atoms with Gasteiger partial charge in [0.2, 0.25) is 0 Å². The first-order chi connectivity index (χ1) is 13.9. The van der Waals surface area contributed by atoms with Crippen LogP contribution in [0.1, 0.15) is 30.5 Å². The fourth-order valence-corrected chi connectivity index (χ4v) is 3.41. The van der Waals surface area contributed by atoms with Gasteiger partial charge in [0.25, 0.3) is 0 Å². The SMILES string of the molecule is CN=C(NCc1ccc(N2CC(C)OC(C)C2)nc1)NCc1ccc(C)c(F)c1.I. The molecule has 0 amide bonds. The second-order valence-electron chi connectivity index (χ2n) is 7.55. The molecule has 1 fully saturated rings. The summed E-state index contributed by atoms with van der Waals surface area (Å²) in [5.41, 5.74) is 2.58. The molecular formula is C22H31FIN5O. The fourth-order valence-electron chi connectivity index (χ4n) is 3.41. The van der Waals surface area contributed by atoms with Crippen LogP contribution in [-0.4, -0.2) is 43.3 Å². The first-order valence-electron chi connectivity index (χ1n) is 9.99. The smallest absolute Gasteiger partial charge is 0.191 e. The third kappa shape index (κ3) is 6.80. The van der Waals surface area contributed by atoms with Crippen LogP contribution in [0.5, 0.6) is 0 Å². The molecule has 6 nitrogen and oxygen atoms in total. The third-order valence-corrected chi connectivity index (χ3v) is 4.93. The summed E-state index contributed by atoms with van der Waals surface area (Å²) in [6, 6.07) is 9.36. The number of benzene rings is 1. The third-order valence-electron chi connectivity index (χ3n) is 4.93. The first-order valence-corrected chi connectivity index (χ1v) is 9.99. The van der Waals surface area contributed by atoms with Crippen molar-refractivity contribution in [2.75, 3.05) is 25.0 Å². The van der Waals surface area contributed by atoms with Crippen molar-refractivity contribution in [2.45, 2.75) is 46.1 Å². The zero-order valence-corrected chi connectivity index (χ0v) is 20.3. The Bertz CT molecular complexity index is 836. The van der Waals surface area contributed by atoms with Gasteiger partial charge < -0.3 is 20.3 Å². The van der Waals surface area contributed by atoms with Gasteiger partial charge in [-0.2, -0.15) is 0 Å². The van der Waals surface area contributed by atoms with Gasteiger partial charge in [0.1, 0.15) is 11.6 Å². The van der Waals surface area contributed by atoms with E-state index in [0.29, 0.717) is 24.6 Å². The summed E-state index contributed by atoms with van der Waals surface area (Å²) in [5, 5.41) is 6.47. The fraction of sp³-hybridized carbons (Fsp3) is 0.455. The summed E-state index contributed by atoms with van der Waals surface area (Å²) in [4.78, 5) is 11.1. The number of morpholine rings is 1. The number of nitrogens with one attached hydrogen (secondary N) is 2. The van der Waals surface area contributed by atoms with Crippen LogP contribution in [0.3, 0.4) is 0 Å². The molecule has 8 heteroatoms. The molecule has 3 rings (SSSR count). The number of anilines is 1. The van der Waals surface area contributed by atoms with Crippen molar-refractivity contribution in [1.29, 1.82) is 0 Å². The van der Waals surface area contributed by atoms with Crippen molar-refractivity contribution in [3.63, 3.8) is 0 Å². The van der Waals surface area contributed by atoms with Crippen molar-refractivity contribution < 1.29 is 9.13 Å². The average molecular weight is 527 g/mol. The number of aliphatic imine (C=N–C) groups is 1. The number of rotatable bonds is 5. The van der Waals surface area contributed by atoms with Crippen molar-refractivity contribution in [2.24, 2.45) is 4.99 Å². The monoisotopic (exact) mass is 527 g/mol. The number of ether oxygens (including phenoxy) is 1. The summed E-state index contributed by atoms with van der Waals surface area (Å²) in [6.07, 6.45) is 2.30. The van der Waals surface area contributed by atoms with Gasteiger partial charge in [0, 0.05) is 39.4 Å². The number of pyridine rings is 1. The predicted molar refractivity (Wildman–Crippen MR) is 130 cm³/mol. The number of aromatic nitrogens is 1. The zero-order chi connectivity index (χ0) is 20.8. The Hall–Kier alpha value is -1.94. The Morgan fingerprint density at radius 2 is 1.77 bits per heavy atom. The number of hydrogen-bond donors (Lipinski definition) is 2. The zero-order valence-electron chi connectivity index (χ0n) is 18.0. The van der Waals surface area contributed by atoms with Gasteiger partial charge in [-0.05, 0) is 49.6 Å². The van der Waals surface area contributed by atoms with Crippen molar-refractivity contribution in [1.82, 2.24) is 15.6 Å². The highest BCUT2D eigenvalue weighted by molar-refractivity contribution is 14.0. The van der Waals surface area contributed by atoms with Crippen LogP contribution in [-0.2, 0) is 17.8 Å². The Balaban J connectivity index is 0.00000320. The molecule has 2 unspecified atom stereocenters. The van der Waals surface area contributed by atoms with Crippen molar-refractivity contribution in [3.8, 4) is 0 Å². The maximum Gasteiger partial charge on any atom is 0.191 e. The molecule has 2 N–H and O–H groups in total. The topological polar surface area (TPSA) is 61.8 Å². The second-order valence-corrected chi connectivity index (χ2v) is 7.55. The van der Waals surface area contributed by atoms with E-state index in [1.54, 1.807) is 26.1 Å². The van der Waals surface area contributed by atoms with Gasteiger partial charge in [0.05, 0.1) is 12.2 Å². The highest BCUT2D eigenvalue weighted by atomic mass is 127. The quantitative estimate of drug-likeness (QED) is 0.354. The van der Waals surface area contributed by atoms with E-state index in [-0.39, 0.29) is 42.0 Å². The lowest BCUT2D eigenvalue weighted by Gasteiger charge is -2.36. The highest BCUT2D eigenvalue weighted by Gasteiger charge is 2.22. The highest BCUT2D eigenvalue weighted by Crippen LogP contribution is 2.18. The number of hydrogen-bond acceptors (Lipinski definition) is 4. The van der Waals surface area contributed by atoms with Gasteiger partial charge in [0.15, 0.2) is 5.96 Å². The Morgan fingerprint density at radius 1 is 1.13 bits per heavy atom. The molecule has 0 saturated carbocycles. The standard InChI is InChI=1S/C22H30FN5O.HI/c1-15-5-6-18(9-20(15)23)10-26-22(24-4)27-12-19-7-8-21(25-11-19)28-13-16(2)29-17(3)14-28;/h5-9,11,16-17H,10,12-14H2,1-4H3,(H2,24,26,27);1H. The molecule has 1 aliphatic rings. The Labute approximate surface area is 195 Å². The minimum Gasteiger partial charge on any atom is -0.372 e. The molecule has 2 atom stereocenters. The maximum atomic E-state index is 13.7. The number of halogens is 2. The van der Waals surface area contributed by atoms with E-state index in [2.05, 4.69) is 45.4 Å². The molecule has 1 saturated heterocycles. The largest absolute Gasteiger partial charge is 0.372 e. The molecule has 164 valence electrons. The molecule has 0 spiro atoms. The lowest BCUT2D eigenvalue weighted by molar-refractivity contribution is -0.00545. The Morgan fingerprint density at radius 3 is 2.33 bits per heavy atom. The predicted octanol–water partition coefficient (Wildman–Crippen LogP) is 3.63. The van der Waals surface area contributed by atoms with Crippen LogP contribution in [0.2, 0.25) is 0 Å². The van der Waals surface area contributed by atoms with Crippen LogP contribution in [0, 0.1) is 12.7 Å². The van der Waals surface area contributed by atoms with E-state index in [4.69, 9.17) is 4.74 Å². The van der Waals surface area contributed by atoms with Crippen LogP contribution in [0.15, 0.2) is 41.5 Å². The van der Waals surface area contributed by atoms with Gasteiger partial charge in [-0.15, -0.1) is 24.0 Å². The lowest BCUT2D eigenvalue weighted by Crippen LogP contribution is -2.45. The van der Waals surface area contributed by atoms with E-state index in [9.17, 15) is 4.39 Å². The van der Waals surface area contributed by atoms with Gasteiger partial charge in [-0.3, -0.25) is 4.99 Å². The molecule has 1 aromatic heterocycles. The second kappa shape index (κ2) is 11.5. The maximum absolute atomic E-state index is 13.7. The van der Waals surface area contributed by atoms with Crippen molar-refractivity contribution >= 4 is 35.8 Å². The van der Waals surface area contributed by atoms with E-state index in [0.717, 1.165) is 30.0 Å². The Kier molecular flexibility index (Phi) is 9.29. The van der Waals surface area contributed by atoms with Gasteiger partial charge in [-0.1, -0.05) is 18.2 Å². The summed E-state index contributed by atoms with van der Waals surface area (Å²) >= 11 is 0. The molecule has 1 aliphatic heterocycles. The van der Waals surface area contributed by atoms with Gasteiger partial charge >= 0.3 is 0 Å². The molecule has 0 radical (unpaired) electrons. The van der Waals surface area contributed by atoms with E-state index >= 15 is 0 Å². The molecule has 2 heterocycles. The van der Waals surface area contributed by atoms with Crippen LogP contribution in [0.4, 0.5) is 10.2 Å². The summed E-state index contributed by atoms with van der Waals surface area (Å²) in [5.74, 6) is 1.44.